The second-order valence-electron chi connectivity index (χ2n) is 5.07. The lowest BCUT2D eigenvalue weighted by Gasteiger charge is -2.05. The number of nitrogens with one attached hydrogen (secondary N) is 1. The number of hydrogen-bond acceptors (Lipinski definition) is 5. The number of nitro groups is 1. The van der Waals surface area contributed by atoms with Gasteiger partial charge >= 0.3 is 6.09 Å². The first-order valence-corrected chi connectivity index (χ1v) is 7.53. The van der Waals surface area contributed by atoms with Crippen LogP contribution in [0.4, 0.5) is 10.5 Å². The zero-order valence-electron chi connectivity index (χ0n) is 13.7. The lowest BCUT2D eigenvalue weighted by atomic mass is 10.1. The van der Waals surface area contributed by atoms with Crippen molar-refractivity contribution in [1.29, 1.82) is 0 Å². The number of methoxy groups -OCH3 is 1. The Morgan fingerprint density at radius 3 is 2.68 bits per heavy atom. The molecule has 0 aliphatic carbocycles. The summed E-state index contributed by atoms with van der Waals surface area (Å²) >= 11 is 0. The highest BCUT2D eigenvalue weighted by atomic mass is 16.6. The van der Waals surface area contributed by atoms with Gasteiger partial charge in [-0.05, 0) is 17.2 Å². The number of hydrogen-bond donors (Lipinski definition) is 1. The van der Waals surface area contributed by atoms with Crippen LogP contribution in [-0.4, -0.2) is 24.7 Å². The fourth-order valence-electron chi connectivity index (χ4n) is 2.04. The number of carbonyl (C=O) groups excluding carboxylic acids is 1. The SMILES string of the molecule is COc1cc(C=CCNC(=O)OCc2ccccc2)cc([N+](=O)[O-])c1. The summed E-state index contributed by atoms with van der Waals surface area (Å²) in [6.07, 6.45) is 2.79. The monoisotopic (exact) mass is 342 g/mol. The van der Waals surface area contributed by atoms with Crippen molar-refractivity contribution >= 4 is 17.9 Å². The van der Waals surface area contributed by atoms with Crippen molar-refractivity contribution in [3.8, 4) is 5.75 Å². The second-order valence-corrected chi connectivity index (χ2v) is 5.07. The van der Waals surface area contributed by atoms with Gasteiger partial charge in [0.25, 0.3) is 5.69 Å². The molecule has 1 N–H and O–H groups in total. The van der Waals surface area contributed by atoms with E-state index in [2.05, 4.69) is 5.32 Å². The Morgan fingerprint density at radius 2 is 2.00 bits per heavy atom. The topological polar surface area (TPSA) is 90.7 Å². The van der Waals surface area contributed by atoms with Gasteiger partial charge in [0, 0.05) is 12.6 Å². The number of benzene rings is 2. The summed E-state index contributed by atoms with van der Waals surface area (Å²) in [5, 5.41) is 13.5. The summed E-state index contributed by atoms with van der Waals surface area (Å²) in [7, 11) is 1.44. The molecule has 0 saturated heterocycles. The predicted octanol–water partition coefficient (Wildman–Crippen LogP) is 3.54. The van der Waals surface area contributed by atoms with Crippen LogP contribution in [0, 0.1) is 10.1 Å². The van der Waals surface area contributed by atoms with Crippen LogP contribution >= 0.6 is 0 Å². The van der Waals surface area contributed by atoms with E-state index in [-0.39, 0.29) is 18.8 Å². The first kappa shape index (κ1) is 18.0. The minimum atomic E-state index is -0.537. The number of alkyl carbamates (subject to hydrolysis) is 1. The Bertz CT molecular complexity index is 759. The van der Waals surface area contributed by atoms with Gasteiger partial charge in [-0.25, -0.2) is 4.79 Å². The molecular formula is C18H18N2O5. The minimum Gasteiger partial charge on any atom is -0.496 e. The molecule has 1 amide bonds. The van der Waals surface area contributed by atoms with Crippen LogP contribution < -0.4 is 10.1 Å². The molecule has 0 bridgehead atoms. The van der Waals surface area contributed by atoms with Gasteiger partial charge in [0.2, 0.25) is 0 Å². The average Bonchev–Trinajstić information content (AvgIpc) is 2.64. The molecule has 0 fully saturated rings. The lowest BCUT2D eigenvalue weighted by Crippen LogP contribution is -2.24. The number of nitrogens with zero attached hydrogens (tertiary/aromatic N) is 1. The smallest absolute Gasteiger partial charge is 0.407 e. The van der Waals surface area contributed by atoms with Gasteiger partial charge in [-0.1, -0.05) is 42.5 Å². The maximum Gasteiger partial charge on any atom is 0.407 e. The van der Waals surface area contributed by atoms with Crippen LogP contribution in [0.2, 0.25) is 0 Å². The molecule has 0 unspecified atom stereocenters. The van der Waals surface area contributed by atoms with Crippen LogP contribution in [0.15, 0.2) is 54.6 Å². The van der Waals surface area contributed by atoms with E-state index in [0.717, 1.165) is 5.56 Å². The van der Waals surface area contributed by atoms with Crippen molar-refractivity contribution in [2.75, 3.05) is 13.7 Å². The van der Waals surface area contributed by atoms with E-state index in [1.165, 1.54) is 19.2 Å². The van der Waals surface area contributed by atoms with Crippen molar-refractivity contribution in [2.24, 2.45) is 0 Å². The highest BCUT2D eigenvalue weighted by Gasteiger charge is 2.08. The first-order valence-electron chi connectivity index (χ1n) is 7.53. The summed E-state index contributed by atoms with van der Waals surface area (Å²) in [5.41, 5.74) is 1.44. The number of ether oxygens (including phenoxy) is 2. The molecule has 0 atom stereocenters. The number of carbonyl (C=O) groups is 1. The van der Waals surface area contributed by atoms with Crippen molar-refractivity contribution in [3.05, 3.63) is 75.8 Å². The molecule has 2 aromatic rings. The molecule has 0 spiro atoms. The van der Waals surface area contributed by atoms with Gasteiger partial charge in [0.05, 0.1) is 18.1 Å². The lowest BCUT2D eigenvalue weighted by molar-refractivity contribution is -0.384. The van der Waals surface area contributed by atoms with E-state index in [1.54, 1.807) is 18.2 Å². The standard InChI is InChI=1S/C18H18N2O5/c1-24-17-11-15(10-16(12-17)20(22)23)8-5-9-19-18(21)25-13-14-6-3-2-4-7-14/h2-8,10-12H,9,13H2,1H3,(H,19,21). The molecule has 2 rings (SSSR count). The third-order valence-electron chi connectivity index (χ3n) is 3.25. The fraction of sp³-hybridized carbons (Fsp3) is 0.167. The normalized spacial score (nSPS) is 10.4. The highest BCUT2D eigenvalue weighted by molar-refractivity contribution is 5.67. The largest absolute Gasteiger partial charge is 0.496 e. The van der Waals surface area contributed by atoms with Crippen molar-refractivity contribution in [1.82, 2.24) is 5.32 Å². The van der Waals surface area contributed by atoms with Crippen LogP contribution in [-0.2, 0) is 11.3 Å². The molecule has 0 radical (unpaired) electrons. The molecule has 25 heavy (non-hydrogen) atoms. The third-order valence-corrected chi connectivity index (χ3v) is 3.25. The molecule has 2 aromatic carbocycles. The van der Waals surface area contributed by atoms with Crippen LogP contribution in [0.25, 0.3) is 6.08 Å². The Balaban J connectivity index is 1.83. The van der Waals surface area contributed by atoms with E-state index < -0.39 is 11.0 Å². The van der Waals surface area contributed by atoms with E-state index in [4.69, 9.17) is 9.47 Å². The second kappa shape index (κ2) is 9.07. The van der Waals surface area contributed by atoms with E-state index in [0.29, 0.717) is 11.3 Å². The maximum absolute atomic E-state index is 11.6. The van der Waals surface area contributed by atoms with Crippen molar-refractivity contribution in [3.63, 3.8) is 0 Å². The summed E-state index contributed by atoms with van der Waals surface area (Å²) < 4.78 is 10.1. The summed E-state index contributed by atoms with van der Waals surface area (Å²) in [5.74, 6) is 0.393. The van der Waals surface area contributed by atoms with Crippen molar-refractivity contribution < 1.29 is 19.2 Å². The number of rotatable bonds is 7. The fourth-order valence-corrected chi connectivity index (χ4v) is 2.04. The molecule has 130 valence electrons. The predicted molar refractivity (Wildman–Crippen MR) is 93.3 cm³/mol. The zero-order valence-corrected chi connectivity index (χ0v) is 13.7. The number of amides is 1. The van der Waals surface area contributed by atoms with Gasteiger partial charge in [-0.15, -0.1) is 0 Å². The van der Waals surface area contributed by atoms with Gasteiger partial charge in [-0.2, -0.15) is 0 Å². The van der Waals surface area contributed by atoms with E-state index >= 15 is 0 Å². The van der Waals surface area contributed by atoms with Crippen LogP contribution in [0.5, 0.6) is 5.75 Å². The number of nitro benzene ring substituents is 1. The maximum atomic E-state index is 11.6. The van der Waals surface area contributed by atoms with E-state index in [9.17, 15) is 14.9 Å². The summed E-state index contributed by atoms with van der Waals surface area (Å²) in [6.45, 7) is 0.428. The van der Waals surface area contributed by atoms with E-state index in [1.807, 2.05) is 30.3 Å². The molecule has 0 heterocycles. The minimum absolute atomic E-state index is 0.0609. The molecular weight excluding hydrogens is 324 g/mol. The number of non-ortho nitro benzene ring substituents is 1. The molecule has 7 heteroatoms. The zero-order chi connectivity index (χ0) is 18.1. The molecule has 0 aliphatic heterocycles. The van der Waals surface area contributed by atoms with Crippen LogP contribution in [0.3, 0.4) is 0 Å². The van der Waals surface area contributed by atoms with Crippen LogP contribution in [0.1, 0.15) is 11.1 Å². The van der Waals surface area contributed by atoms with Gasteiger partial charge < -0.3 is 14.8 Å². The molecule has 0 saturated carbocycles. The van der Waals surface area contributed by atoms with Gasteiger partial charge in [0.15, 0.2) is 0 Å². The van der Waals surface area contributed by atoms with Gasteiger partial charge in [0.1, 0.15) is 12.4 Å². The van der Waals surface area contributed by atoms with Gasteiger partial charge in [-0.3, -0.25) is 10.1 Å². The average molecular weight is 342 g/mol. The third kappa shape index (κ3) is 5.98. The first-order chi connectivity index (χ1) is 12.1. The molecule has 7 nitrogen and oxygen atoms in total. The van der Waals surface area contributed by atoms with Crippen molar-refractivity contribution in [2.45, 2.75) is 6.61 Å². The molecule has 0 aliphatic rings. The molecule has 0 aromatic heterocycles. The summed E-state index contributed by atoms with van der Waals surface area (Å²) in [6, 6.07) is 13.8. The Hall–Kier alpha value is -3.35. The quantitative estimate of drug-likeness (QED) is 0.614. The Kier molecular flexibility index (Phi) is 6.53. The Morgan fingerprint density at radius 1 is 1.24 bits per heavy atom. The highest BCUT2D eigenvalue weighted by Crippen LogP contribution is 2.23. The Labute approximate surface area is 145 Å². The summed E-state index contributed by atoms with van der Waals surface area (Å²) in [4.78, 5) is 22.0.